The SMILES string of the molecule is O=c1ccc(-c2ccc(OCC(O)CN3C[C@@H]4[C@H](C3)[C@H]3CC[C@@H]4O3)c3ccccc23)c[nH]1. The van der Waals surface area contributed by atoms with Gasteiger partial charge in [0.15, 0.2) is 0 Å². The van der Waals surface area contributed by atoms with Crippen molar-refractivity contribution >= 4 is 10.8 Å². The molecule has 6 heteroatoms. The van der Waals surface area contributed by atoms with Crippen LogP contribution in [0.25, 0.3) is 21.9 Å². The van der Waals surface area contributed by atoms with E-state index < -0.39 is 6.10 Å². The first-order valence-electron chi connectivity index (χ1n) is 11.6. The summed E-state index contributed by atoms with van der Waals surface area (Å²) in [5.74, 6) is 2.05. The van der Waals surface area contributed by atoms with Crippen LogP contribution in [0.15, 0.2) is 59.5 Å². The molecule has 0 aliphatic carbocycles. The fourth-order valence-corrected chi connectivity index (χ4v) is 5.96. The van der Waals surface area contributed by atoms with Crippen LogP contribution < -0.4 is 10.3 Å². The molecule has 32 heavy (non-hydrogen) atoms. The summed E-state index contributed by atoms with van der Waals surface area (Å²) in [6.07, 6.45) is 4.48. The van der Waals surface area contributed by atoms with Crippen LogP contribution in [-0.4, -0.2) is 59.5 Å². The third-order valence-corrected chi connectivity index (χ3v) is 7.41. The van der Waals surface area contributed by atoms with Crippen molar-refractivity contribution in [3.8, 4) is 16.9 Å². The van der Waals surface area contributed by atoms with Crippen LogP contribution in [0.1, 0.15) is 12.8 Å². The number of hydrogen-bond donors (Lipinski definition) is 2. The minimum absolute atomic E-state index is 0.117. The average Bonchev–Trinajstić information content (AvgIpc) is 3.52. The summed E-state index contributed by atoms with van der Waals surface area (Å²) in [5, 5.41) is 12.7. The van der Waals surface area contributed by atoms with Crippen LogP contribution in [-0.2, 0) is 4.74 Å². The molecule has 166 valence electrons. The van der Waals surface area contributed by atoms with E-state index in [2.05, 4.69) is 16.0 Å². The molecule has 0 saturated carbocycles. The fourth-order valence-electron chi connectivity index (χ4n) is 5.96. The van der Waals surface area contributed by atoms with E-state index in [-0.39, 0.29) is 12.2 Å². The normalized spacial score (nSPS) is 27.7. The zero-order valence-electron chi connectivity index (χ0n) is 17.9. The highest BCUT2D eigenvalue weighted by atomic mass is 16.5. The largest absolute Gasteiger partial charge is 0.490 e. The highest BCUT2D eigenvalue weighted by Gasteiger charge is 2.52. The van der Waals surface area contributed by atoms with Gasteiger partial charge in [-0.3, -0.25) is 9.69 Å². The molecule has 2 bridgehead atoms. The third kappa shape index (κ3) is 3.52. The number of aromatic nitrogens is 1. The first kappa shape index (κ1) is 20.0. The van der Waals surface area contributed by atoms with Crippen LogP contribution in [0.2, 0.25) is 0 Å². The molecule has 1 unspecified atom stereocenters. The summed E-state index contributed by atoms with van der Waals surface area (Å²) >= 11 is 0. The second kappa shape index (κ2) is 8.03. The van der Waals surface area contributed by atoms with Crippen molar-refractivity contribution < 1.29 is 14.6 Å². The van der Waals surface area contributed by atoms with E-state index in [1.165, 1.54) is 18.9 Å². The molecule has 3 fully saturated rings. The molecular formula is C26H28N2O4. The molecule has 1 aromatic heterocycles. The standard InChI is InChI=1S/C26H28N2O4/c29-17(12-28-13-21-22(14-28)25-9-8-24(21)32-25)15-31-23-7-6-18(16-5-10-26(30)27-11-16)19-3-1-2-4-20(19)23/h1-7,10-11,17,21-22,24-25,29H,8-9,12-15H2,(H,27,30)/t17?,21-,22+,24+,25-. The van der Waals surface area contributed by atoms with Gasteiger partial charge in [0.05, 0.1) is 12.2 Å². The molecule has 3 aliphatic rings. The lowest BCUT2D eigenvalue weighted by Crippen LogP contribution is -2.35. The third-order valence-electron chi connectivity index (χ3n) is 7.41. The van der Waals surface area contributed by atoms with E-state index in [0.29, 0.717) is 30.6 Å². The highest BCUT2D eigenvalue weighted by Crippen LogP contribution is 2.47. The molecule has 2 N–H and O–H groups in total. The lowest BCUT2D eigenvalue weighted by atomic mass is 9.82. The Balaban J connectivity index is 1.14. The Kier molecular flexibility index (Phi) is 5.01. The van der Waals surface area contributed by atoms with Crippen LogP contribution >= 0.6 is 0 Å². The second-order valence-electron chi connectivity index (χ2n) is 9.40. The number of fused-ring (bicyclic) bond motifs is 6. The number of benzene rings is 2. The van der Waals surface area contributed by atoms with Crippen molar-refractivity contribution in [1.29, 1.82) is 0 Å². The van der Waals surface area contributed by atoms with Crippen LogP contribution in [0.4, 0.5) is 0 Å². The zero-order valence-corrected chi connectivity index (χ0v) is 17.9. The maximum Gasteiger partial charge on any atom is 0.247 e. The number of aliphatic hydroxyl groups is 1. The summed E-state index contributed by atoms with van der Waals surface area (Å²) < 4.78 is 12.1. The van der Waals surface area contributed by atoms with Crippen molar-refractivity contribution in [2.45, 2.75) is 31.2 Å². The van der Waals surface area contributed by atoms with Gasteiger partial charge in [0.25, 0.3) is 0 Å². The highest BCUT2D eigenvalue weighted by molar-refractivity contribution is 5.99. The van der Waals surface area contributed by atoms with Gasteiger partial charge < -0.3 is 19.6 Å². The van der Waals surface area contributed by atoms with Crippen LogP contribution in [0.3, 0.4) is 0 Å². The van der Waals surface area contributed by atoms with Gasteiger partial charge >= 0.3 is 0 Å². The Bertz CT molecular complexity index is 1150. The number of H-pyrrole nitrogens is 1. The predicted octanol–water partition coefficient (Wildman–Crippen LogP) is 3.04. The number of nitrogens with one attached hydrogen (secondary N) is 1. The molecule has 6 nitrogen and oxygen atoms in total. The number of nitrogens with zero attached hydrogens (tertiary/aromatic N) is 1. The number of β-amino-alcohol motifs (C(OH)–C–C–N with tert-alkyl or cyclic N) is 1. The van der Waals surface area contributed by atoms with Crippen molar-refractivity contribution in [2.24, 2.45) is 11.8 Å². The Morgan fingerprint density at radius 1 is 1.03 bits per heavy atom. The summed E-state index contributed by atoms with van der Waals surface area (Å²) in [4.78, 5) is 16.6. The number of aliphatic hydroxyl groups excluding tert-OH is 1. The summed E-state index contributed by atoms with van der Waals surface area (Å²) in [6, 6.07) is 15.4. The number of aromatic amines is 1. The minimum Gasteiger partial charge on any atom is -0.490 e. The van der Waals surface area contributed by atoms with Gasteiger partial charge in [0, 0.05) is 49.1 Å². The molecule has 4 heterocycles. The minimum atomic E-state index is -0.537. The number of hydrogen-bond acceptors (Lipinski definition) is 5. The molecule has 3 aromatic rings. The lowest BCUT2D eigenvalue weighted by molar-refractivity contribution is 0.0480. The van der Waals surface area contributed by atoms with Crippen molar-refractivity contribution in [3.63, 3.8) is 0 Å². The van der Waals surface area contributed by atoms with Crippen LogP contribution in [0.5, 0.6) is 5.75 Å². The van der Waals surface area contributed by atoms with E-state index in [1.54, 1.807) is 6.20 Å². The molecule has 0 amide bonds. The maximum atomic E-state index is 11.4. The summed E-state index contributed by atoms with van der Waals surface area (Å²) in [5.41, 5.74) is 1.86. The summed E-state index contributed by atoms with van der Waals surface area (Å²) in [7, 11) is 0. The average molecular weight is 433 g/mol. The molecule has 3 aliphatic heterocycles. The molecule has 3 saturated heterocycles. The van der Waals surface area contributed by atoms with Crippen molar-refractivity contribution in [3.05, 3.63) is 65.1 Å². The van der Waals surface area contributed by atoms with Crippen LogP contribution in [0, 0.1) is 11.8 Å². The van der Waals surface area contributed by atoms with Gasteiger partial charge in [-0.2, -0.15) is 0 Å². The van der Waals surface area contributed by atoms with Gasteiger partial charge in [-0.05, 0) is 47.6 Å². The van der Waals surface area contributed by atoms with E-state index >= 15 is 0 Å². The number of likely N-dealkylation sites (tertiary alicyclic amines) is 1. The van der Waals surface area contributed by atoms with E-state index in [9.17, 15) is 9.90 Å². The predicted molar refractivity (Wildman–Crippen MR) is 123 cm³/mol. The van der Waals surface area contributed by atoms with E-state index in [0.717, 1.165) is 40.7 Å². The van der Waals surface area contributed by atoms with Gasteiger partial charge in [0.1, 0.15) is 18.5 Å². The molecule has 0 spiro atoms. The Hall–Kier alpha value is -2.67. The topological polar surface area (TPSA) is 74.8 Å². The van der Waals surface area contributed by atoms with Crippen molar-refractivity contribution in [2.75, 3.05) is 26.2 Å². The number of ether oxygens (including phenoxy) is 2. The monoisotopic (exact) mass is 432 g/mol. The van der Waals surface area contributed by atoms with Gasteiger partial charge in [-0.15, -0.1) is 0 Å². The molecule has 2 aromatic carbocycles. The van der Waals surface area contributed by atoms with E-state index in [1.807, 2.05) is 36.4 Å². The quantitative estimate of drug-likeness (QED) is 0.626. The zero-order chi connectivity index (χ0) is 21.7. The Labute approximate surface area is 186 Å². The molecule has 6 rings (SSSR count). The van der Waals surface area contributed by atoms with Gasteiger partial charge in [0.2, 0.25) is 5.56 Å². The maximum absolute atomic E-state index is 11.4. The number of rotatable bonds is 6. The first-order chi connectivity index (χ1) is 15.7. The molecule has 0 radical (unpaired) electrons. The Morgan fingerprint density at radius 2 is 1.78 bits per heavy atom. The Morgan fingerprint density at radius 3 is 2.50 bits per heavy atom. The molecular weight excluding hydrogens is 404 g/mol. The van der Waals surface area contributed by atoms with Crippen molar-refractivity contribution in [1.82, 2.24) is 9.88 Å². The van der Waals surface area contributed by atoms with Gasteiger partial charge in [-0.1, -0.05) is 24.3 Å². The van der Waals surface area contributed by atoms with Gasteiger partial charge in [-0.25, -0.2) is 0 Å². The lowest BCUT2D eigenvalue weighted by Gasteiger charge is -2.22. The smallest absolute Gasteiger partial charge is 0.247 e. The number of pyridine rings is 1. The van der Waals surface area contributed by atoms with E-state index in [4.69, 9.17) is 9.47 Å². The molecule has 5 atom stereocenters. The fraction of sp³-hybridized carbons (Fsp3) is 0.423. The summed E-state index contributed by atoms with van der Waals surface area (Å²) in [6.45, 7) is 2.95. The second-order valence-corrected chi connectivity index (χ2v) is 9.40. The first-order valence-corrected chi connectivity index (χ1v) is 11.6.